The van der Waals surface area contributed by atoms with Crippen molar-refractivity contribution in [2.75, 3.05) is 13.1 Å². The van der Waals surface area contributed by atoms with Crippen molar-refractivity contribution >= 4 is 27.4 Å². The zero-order valence-corrected chi connectivity index (χ0v) is 14.6. The predicted octanol–water partition coefficient (Wildman–Crippen LogP) is 3.56. The lowest BCUT2D eigenvalue weighted by molar-refractivity contribution is 0.738. The Morgan fingerprint density at radius 2 is 1.88 bits per heavy atom. The molecule has 128 valence electrons. The molecule has 5 heteroatoms. The van der Waals surface area contributed by atoms with Gasteiger partial charge in [0, 0.05) is 29.9 Å². The molecule has 0 aliphatic carbocycles. The average molecular weight is 341 g/mol. The fourth-order valence-electron chi connectivity index (χ4n) is 3.58. The van der Waals surface area contributed by atoms with E-state index in [0.717, 1.165) is 52.6 Å². The second-order valence-corrected chi connectivity index (χ2v) is 6.73. The van der Waals surface area contributed by atoms with Crippen LogP contribution in [-0.4, -0.2) is 33.1 Å². The van der Waals surface area contributed by atoms with Crippen LogP contribution in [0.25, 0.3) is 38.6 Å². The summed E-state index contributed by atoms with van der Waals surface area (Å²) >= 11 is 0. The molecule has 0 bridgehead atoms. The van der Waals surface area contributed by atoms with Crippen LogP contribution < -0.4 is 5.32 Å². The van der Waals surface area contributed by atoms with Gasteiger partial charge in [-0.2, -0.15) is 5.10 Å². The Labute approximate surface area is 151 Å². The number of rotatable bonds is 2. The molecule has 0 spiro atoms. The first-order valence-electron chi connectivity index (χ1n) is 8.88. The molecule has 0 amide bonds. The van der Waals surface area contributed by atoms with Crippen molar-refractivity contribution in [3.05, 3.63) is 60.3 Å². The van der Waals surface area contributed by atoms with Gasteiger partial charge in [-0.3, -0.25) is 4.68 Å². The third-order valence-corrected chi connectivity index (χ3v) is 5.06. The Bertz CT molecular complexity index is 1160. The summed E-state index contributed by atoms with van der Waals surface area (Å²) in [6, 6.07) is 14.9. The molecule has 3 heterocycles. The minimum Gasteiger partial charge on any atom is -0.313 e. The summed E-state index contributed by atoms with van der Waals surface area (Å²) in [7, 11) is 1.95. The lowest BCUT2D eigenvalue weighted by atomic mass is 9.98. The van der Waals surface area contributed by atoms with Crippen LogP contribution in [0.5, 0.6) is 0 Å². The number of nitrogens with one attached hydrogen (secondary N) is 1. The molecule has 26 heavy (non-hydrogen) atoms. The molecule has 1 aliphatic rings. The van der Waals surface area contributed by atoms with Crippen molar-refractivity contribution in [2.24, 2.45) is 7.05 Å². The van der Waals surface area contributed by atoms with Crippen LogP contribution in [0.1, 0.15) is 12.0 Å². The van der Waals surface area contributed by atoms with E-state index in [2.05, 4.69) is 69.2 Å². The molecule has 4 aromatic rings. The number of fused-ring (bicyclic) bond motifs is 2. The SMILES string of the molecule is Cn1ncc2cc(-c3cc4ccc(C5=CCNCC5)cc4nn3)ccc21. The van der Waals surface area contributed by atoms with Gasteiger partial charge in [0.25, 0.3) is 0 Å². The molecule has 0 unspecified atom stereocenters. The largest absolute Gasteiger partial charge is 0.313 e. The van der Waals surface area contributed by atoms with Crippen LogP contribution >= 0.6 is 0 Å². The van der Waals surface area contributed by atoms with Gasteiger partial charge in [-0.05, 0) is 48.4 Å². The molecule has 2 aromatic carbocycles. The van der Waals surface area contributed by atoms with Crippen LogP contribution in [0, 0.1) is 0 Å². The number of hydrogen-bond acceptors (Lipinski definition) is 4. The molecular formula is C21H19N5. The zero-order chi connectivity index (χ0) is 17.5. The van der Waals surface area contributed by atoms with Gasteiger partial charge in [0.2, 0.25) is 0 Å². The number of aryl methyl sites for hydroxylation is 1. The highest BCUT2D eigenvalue weighted by molar-refractivity contribution is 5.88. The van der Waals surface area contributed by atoms with E-state index in [1.165, 1.54) is 11.1 Å². The van der Waals surface area contributed by atoms with Gasteiger partial charge < -0.3 is 5.32 Å². The van der Waals surface area contributed by atoms with Crippen LogP contribution in [0.15, 0.2) is 54.7 Å². The summed E-state index contributed by atoms with van der Waals surface area (Å²) in [6.45, 7) is 1.97. The number of aromatic nitrogens is 4. The van der Waals surface area contributed by atoms with E-state index in [1.807, 2.05) is 17.9 Å². The predicted molar refractivity (Wildman–Crippen MR) is 105 cm³/mol. The van der Waals surface area contributed by atoms with E-state index in [1.54, 1.807) is 0 Å². The summed E-state index contributed by atoms with van der Waals surface area (Å²) in [5.41, 5.74) is 6.63. The van der Waals surface area contributed by atoms with Crippen molar-refractivity contribution in [1.29, 1.82) is 0 Å². The van der Waals surface area contributed by atoms with E-state index in [4.69, 9.17) is 0 Å². The monoisotopic (exact) mass is 341 g/mol. The topological polar surface area (TPSA) is 55.6 Å². The Hall–Kier alpha value is -3.05. The second kappa shape index (κ2) is 6.04. The van der Waals surface area contributed by atoms with Gasteiger partial charge in [0.05, 0.1) is 22.9 Å². The minimum absolute atomic E-state index is 0.886. The first-order chi connectivity index (χ1) is 12.8. The molecule has 0 fully saturated rings. The van der Waals surface area contributed by atoms with Gasteiger partial charge in [0.1, 0.15) is 0 Å². The van der Waals surface area contributed by atoms with Gasteiger partial charge in [-0.1, -0.05) is 24.3 Å². The summed E-state index contributed by atoms with van der Waals surface area (Å²) in [6.07, 6.45) is 5.20. The van der Waals surface area contributed by atoms with Crippen molar-refractivity contribution < 1.29 is 0 Å². The van der Waals surface area contributed by atoms with Gasteiger partial charge in [-0.25, -0.2) is 0 Å². The van der Waals surface area contributed by atoms with Crippen molar-refractivity contribution in [1.82, 2.24) is 25.3 Å². The number of nitrogens with zero attached hydrogens (tertiary/aromatic N) is 4. The zero-order valence-electron chi connectivity index (χ0n) is 14.6. The number of hydrogen-bond donors (Lipinski definition) is 1. The molecule has 1 aliphatic heterocycles. The van der Waals surface area contributed by atoms with Crippen LogP contribution in [-0.2, 0) is 7.05 Å². The van der Waals surface area contributed by atoms with Crippen LogP contribution in [0.4, 0.5) is 0 Å². The fourth-order valence-corrected chi connectivity index (χ4v) is 3.58. The molecule has 5 nitrogen and oxygen atoms in total. The highest BCUT2D eigenvalue weighted by Gasteiger charge is 2.09. The second-order valence-electron chi connectivity index (χ2n) is 6.73. The highest BCUT2D eigenvalue weighted by Crippen LogP contribution is 2.27. The smallest absolute Gasteiger partial charge is 0.0936 e. The highest BCUT2D eigenvalue weighted by atomic mass is 15.2. The van der Waals surface area contributed by atoms with Crippen LogP contribution in [0.3, 0.4) is 0 Å². The molecule has 0 atom stereocenters. The summed E-state index contributed by atoms with van der Waals surface area (Å²) in [5.74, 6) is 0. The van der Waals surface area contributed by atoms with Crippen LogP contribution in [0.2, 0.25) is 0 Å². The van der Waals surface area contributed by atoms with E-state index < -0.39 is 0 Å². The molecule has 0 saturated carbocycles. The van der Waals surface area contributed by atoms with E-state index in [-0.39, 0.29) is 0 Å². The Balaban J connectivity index is 1.55. The summed E-state index contributed by atoms with van der Waals surface area (Å²) in [5, 5.41) is 18.8. The molecule has 0 saturated heterocycles. The third kappa shape index (κ3) is 2.57. The molecular weight excluding hydrogens is 322 g/mol. The lowest BCUT2D eigenvalue weighted by Crippen LogP contribution is -2.19. The molecule has 1 N–H and O–H groups in total. The van der Waals surface area contributed by atoms with E-state index >= 15 is 0 Å². The molecule has 2 aromatic heterocycles. The van der Waals surface area contributed by atoms with E-state index in [0.29, 0.717) is 0 Å². The number of benzene rings is 2. The standard InChI is InChI=1S/C21H19N5/c1-26-21-5-4-16(10-18(21)13-23-26)20-12-17-3-2-15(11-19(17)24-25-20)14-6-8-22-9-7-14/h2-6,10-13,22H,7-9H2,1H3. The average Bonchev–Trinajstić information content (AvgIpc) is 3.08. The van der Waals surface area contributed by atoms with Gasteiger partial charge in [-0.15, -0.1) is 10.2 Å². The van der Waals surface area contributed by atoms with E-state index in [9.17, 15) is 0 Å². The van der Waals surface area contributed by atoms with Crippen molar-refractivity contribution in [3.8, 4) is 11.3 Å². The van der Waals surface area contributed by atoms with Crippen molar-refractivity contribution in [3.63, 3.8) is 0 Å². The molecule has 0 radical (unpaired) electrons. The quantitative estimate of drug-likeness (QED) is 0.606. The Morgan fingerprint density at radius 3 is 2.77 bits per heavy atom. The van der Waals surface area contributed by atoms with Crippen molar-refractivity contribution in [2.45, 2.75) is 6.42 Å². The maximum absolute atomic E-state index is 4.48. The van der Waals surface area contributed by atoms with Gasteiger partial charge >= 0.3 is 0 Å². The fraction of sp³-hybridized carbons (Fsp3) is 0.190. The summed E-state index contributed by atoms with van der Waals surface area (Å²) < 4.78 is 1.88. The summed E-state index contributed by atoms with van der Waals surface area (Å²) in [4.78, 5) is 0. The normalized spacial score (nSPS) is 14.7. The van der Waals surface area contributed by atoms with Gasteiger partial charge in [0.15, 0.2) is 0 Å². The third-order valence-electron chi connectivity index (χ3n) is 5.06. The minimum atomic E-state index is 0.886. The Kier molecular flexibility index (Phi) is 3.53. The maximum atomic E-state index is 4.48. The molecule has 5 rings (SSSR count). The first kappa shape index (κ1) is 15.2. The first-order valence-corrected chi connectivity index (χ1v) is 8.88. The Morgan fingerprint density at radius 1 is 0.962 bits per heavy atom. The maximum Gasteiger partial charge on any atom is 0.0936 e. The lowest BCUT2D eigenvalue weighted by Gasteiger charge is -2.14.